The van der Waals surface area contributed by atoms with Gasteiger partial charge in [0.25, 0.3) is 0 Å². The van der Waals surface area contributed by atoms with Crippen LogP contribution in [0.2, 0.25) is 5.02 Å². The molecule has 2 bridgehead atoms. The third kappa shape index (κ3) is 4.91. The normalized spacial score (nSPS) is 23.3. The van der Waals surface area contributed by atoms with E-state index < -0.39 is 9.73 Å². The summed E-state index contributed by atoms with van der Waals surface area (Å²) in [6.07, 6.45) is 7.42. The van der Waals surface area contributed by atoms with Gasteiger partial charge >= 0.3 is 0 Å². The van der Waals surface area contributed by atoms with E-state index in [4.69, 9.17) is 32.8 Å². The van der Waals surface area contributed by atoms with E-state index in [2.05, 4.69) is 9.88 Å². The number of anilines is 2. The SMILES string of the molecule is CS(=N)(=O)c1cccc(Sc2ncc(N3[C@@H]4CCc5cc(F)ccc5[C@@H](N)C[C@H]3CC4)nc2N)c1Cl. The molecule has 11 heteroatoms. The summed E-state index contributed by atoms with van der Waals surface area (Å²) in [5.41, 5.74) is 14.9. The number of halogens is 2. The average Bonchev–Trinajstić information content (AvgIpc) is 3.23. The Morgan fingerprint density at radius 1 is 1.22 bits per heavy atom. The molecule has 2 aromatic carbocycles. The van der Waals surface area contributed by atoms with Gasteiger partial charge in [0.15, 0.2) is 5.82 Å². The second kappa shape index (κ2) is 9.81. The van der Waals surface area contributed by atoms with Crippen LogP contribution in [0.1, 0.15) is 42.9 Å². The minimum absolute atomic E-state index is 0.189. The Hall–Kier alpha value is -2.40. The monoisotopic (exact) mass is 546 g/mol. The van der Waals surface area contributed by atoms with E-state index in [0.29, 0.717) is 15.7 Å². The zero-order valence-electron chi connectivity index (χ0n) is 19.8. The summed E-state index contributed by atoms with van der Waals surface area (Å²) in [4.78, 5) is 12.5. The maximum atomic E-state index is 13.9. The molecule has 3 aromatic rings. The number of hydrogen-bond acceptors (Lipinski definition) is 8. The van der Waals surface area contributed by atoms with Crippen molar-refractivity contribution in [3.8, 4) is 0 Å². The topological polar surface area (TPSA) is 122 Å². The van der Waals surface area contributed by atoms with Crippen molar-refractivity contribution in [2.75, 3.05) is 16.9 Å². The van der Waals surface area contributed by atoms with Crippen molar-refractivity contribution in [1.82, 2.24) is 9.97 Å². The van der Waals surface area contributed by atoms with Crippen LogP contribution in [0, 0.1) is 10.6 Å². The van der Waals surface area contributed by atoms with Crippen LogP contribution < -0.4 is 16.4 Å². The lowest BCUT2D eigenvalue weighted by Gasteiger charge is -2.32. The van der Waals surface area contributed by atoms with Crippen LogP contribution in [0.15, 0.2) is 57.4 Å². The molecule has 1 saturated heterocycles. The third-order valence-electron chi connectivity index (χ3n) is 6.97. The number of nitrogens with two attached hydrogens (primary N) is 2. The van der Waals surface area contributed by atoms with Gasteiger partial charge in [0, 0.05) is 29.3 Å². The largest absolute Gasteiger partial charge is 0.381 e. The number of benzene rings is 2. The molecule has 5 rings (SSSR count). The van der Waals surface area contributed by atoms with E-state index in [-0.39, 0.29) is 39.7 Å². The Balaban J connectivity index is 1.42. The number of aryl methyl sites for hydroxylation is 1. The van der Waals surface area contributed by atoms with Crippen molar-refractivity contribution in [2.45, 2.75) is 65.0 Å². The number of nitrogens with zero attached hydrogens (tertiary/aromatic N) is 3. The van der Waals surface area contributed by atoms with Crippen LogP contribution in [-0.4, -0.2) is 32.5 Å². The van der Waals surface area contributed by atoms with Crippen molar-refractivity contribution in [3.05, 3.63) is 64.6 Å². The first-order chi connectivity index (χ1) is 17.1. The first-order valence-corrected chi connectivity index (χ1v) is 14.9. The summed E-state index contributed by atoms with van der Waals surface area (Å²) in [5, 5.41) is 0.750. The molecule has 3 heterocycles. The lowest BCUT2D eigenvalue weighted by Crippen LogP contribution is -2.38. The van der Waals surface area contributed by atoms with Gasteiger partial charge in [-0.1, -0.05) is 35.5 Å². The Kier molecular flexibility index (Phi) is 6.88. The van der Waals surface area contributed by atoms with Gasteiger partial charge in [0.2, 0.25) is 0 Å². The van der Waals surface area contributed by atoms with E-state index >= 15 is 0 Å². The van der Waals surface area contributed by atoms with Crippen molar-refractivity contribution < 1.29 is 8.60 Å². The second-order valence-electron chi connectivity index (χ2n) is 9.45. The lowest BCUT2D eigenvalue weighted by atomic mass is 9.91. The van der Waals surface area contributed by atoms with Crippen LogP contribution in [0.25, 0.3) is 0 Å². The van der Waals surface area contributed by atoms with Gasteiger partial charge in [0.05, 0.1) is 25.8 Å². The Morgan fingerprint density at radius 2 is 2.00 bits per heavy atom. The highest BCUT2D eigenvalue weighted by atomic mass is 35.5. The molecule has 2 aliphatic heterocycles. The van der Waals surface area contributed by atoms with Crippen LogP contribution in [0.5, 0.6) is 0 Å². The minimum atomic E-state index is -2.97. The molecule has 2 aliphatic rings. The molecule has 0 radical (unpaired) electrons. The maximum Gasteiger partial charge on any atom is 0.158 e. The fraction of sp³-hybridized carbons (Fsp3) is 0.360. The number of aromatic nitrogens is 2. The molecule has 7 nitrogen and oxygen atoms in total. The molecule has 36 heavy (non-hydrogen) atoms. The molecule has 1 fully saturated rings. The zero-order chi connectivity index (χ0) is 25.6. The van der Waals surface area contributed by atoms with Crippen molar-refractivity contribution in [1.29, 1.82) is 4.78 Å². The van der Waals surface area contributed by atoms with E-state index in [1.54, 1.807) is 30.5 Å². The van der Waals surface area contributed by atoms with Crippen molar-refractivity contribution in [2.24, 2.45) is 5.73 Å². The Morgan fingerprint density at radius 3 is 2.75 bits per heavy atom. The third-order valence-corrected chi connectivity index (χ3v) is 9.85. The van der Waals surface area contributed by atoms with Crippen LogP contribution in [-0.2, 0) is 16.1 Å². The van der Waals surface area contributed by atoms with Gasteiger partial charge in [-0.2, -0.15) is 0 Å². The van der Waals surface area contributed by atoms with E-state index in [0.717, 1.165) is 43.2 Å². The molecule has 0 spiro atoms. The summed E-state index contributed by atoms with van der Waals surface area (Å²) < 4.78 is 34.0. The summed E-state index contributed by atoms with van der Waals surface area (Å²) >= 11 is 7.69. The van der Waals surface area contributed by atoms with Gasteiger partial charge in [-0.25, -0.2) is 23.3 Å². The molecular weight excluding hydrogens is 519 g/mol. The quantitative estimate of drug-likeness (QED) is 0.400. The standard InChI is InChI=1S/C25H28ClFN6OS2/c1-36(30,34)21-4-2-3-20(23(21)26)35-25-24(29)32-22(13-31-25)33-16-7-5-14-11-15(27)6-10-18(14)19(28)12-17(33)9-8-16/h2-4,6,10-11,13,16-17,19,30H,5,7-9,12,28H2,1H3,(H2,29,32)/t16-,17-,19+,36?/m1/s1. The predicted molar refractivity (Wildman–Crippen MR) is 143 cm³/mol. The van der Waals surface area contributed by atoms with Gasteiger partial charge in [0.1, 0.15) is 16.7 Å². The summed E-state index contributed by atoms with van der Waals surface area (Å²) in [6.45, 7) is 0. The highest BCUT2D eigenvalue weighted by Crippen LogP contribution is 2.41. The number of nitrogens with one attached hydrogen (secondary N) is 1. The molecular formula is C25H28ClFN6OS2. The van der Waals surface area contributed by atoms with Crippen LogP contribution in [0.4, 0.5) is 16.0 Å². The fourth-order valence-corrected chi connectivity index (χ4v) is 7.65. The van der Waals surface area contributed by atoms with Crippen molar-refractivity contribution >= 4 is 44.7 Å². The van der Waals surface area contributed by atoms with Crippen LogP contribution in [0.3, 0.4) is 0 Å². The van der Waals surface area contributed by atoms with Gasteiger partial charge < -0.3 is 16.4 Å². The smallest absolute Gasteiger partial charge is 0.158 e. The first-order valence-electron chi connectivity index (χ1n) is 11.8. The second-order valence-corrected chi connectivity index (χ2v) is 13.0. The molecule has 1 unspecified atom stereocenters. The number of nitrogen functional groups attached to an aromatic ring is 1. The lowest BCUT2D eigenvalue weighted by molar-refractivity contribution is 0.523. The summed E-state index contributed by atoms with van der Waals surface area (Å²) in [5.74, 6) is 0.746. The van der Waals surface area contributed by atoms with Gasteiger partial charge in [-0.15, -0.1) is 0 Å². The summed E-state index contributed by atoms with van der Waals surface area (Å²) in [6, 6.07) is 10.2. The first kappa shape index (κ1) is 25.3. The number of rotatable bonds is 4. The maximum absolute atomic E-state index is 13.9. The minimum Gasteiger partial charge on any atom is -0.381 e. The number of fused-ring (bicyclic) bond motifs is 3. The molecule has 0 amide bonds. The van der Waals surface area contributed by atoms with Crippen LogP contribution >= 0.6 is 23.4 Å². The van der Waals surface area contributed by atoms with Crippen molar-refractivity contribution in [3.63, 3.8) is 0 Å². The highest BCUT2D eigenvalue weighted by molar-refractivity contribution is 7.99. The molecule has 5 N–H and O–H groups in total. The zero-order valence-corrected chi connectivity index (χ0v) is 22.2. The molecule has 0 saturated carbocycles. The van der Waals surface area contributed by atoms with E-state index in [1.165, 1.54) is 24.1 Å². The molecule has 190 valence electrons. The van der Waals surface area contributed by atoms with Gasteiger partial charge in [-0.3, -0.25) is 0 Å². The van der Waals surface area contributed by atoms with E-state index in [1.807, 2.05) is 6.07 Å². The predicted octanol–water partition coefficient (Wildman–Crippen LogP) is 5.41. The number of hydrogen-bond donors (Lipinski definition) is 3. The Bertz CT molecular complexity index is 1420. The molecule has 4 atom stereocenters. The van der Waals surface area contributed by atoms with Gasteiger partial charge in [-0.05, 0) is 67.5 Å². The highest BCUT2D eigenvalue weighted by Gasteiger charge is 2.37. The molecule has 0 aliphatic carbocycles. The molecule has 1 aromatic heterocycles. The fourth-order valence-electron chi connectivity index (χ4n) is 5.30. The Labute approximate surface area is 219 Å². The average molecular weight is 547 g/mol. The van der Waals surface area contributed by atoms with E-state index in [9.17, 15) is 8.60 Å². The summed E-state index contributed by atoms with van der Waals surface area (Å²) in [7, 11) is -2.97.